The average Bonchev–Trinajstić information content (AvgIpc) is 2.67. The third-order valence-corrected chi connectivity index (χ3v) is 3.01. The van der Waals surface area contributed by atoms with Crippen LogP contribution in [-0.4, -0.2) is 41.9 Å². The zero-order chi connectivity index (χ0) is 10.7. The van der Waals surface area contributed by atoms with E-state index in [1.54, 1.807) is 0 Å². The Morgan fingerprint density at radius 2 is 2.47 bits per heavy atom. The van der Waals surface area contributed by atoms with Gasteiger partial charge in [0.25, 0.3) is 0 Å². The topological polar surface area (TPSA) is 33.1 Å². The molecule has 1 aromatic heterocycles. The Bertz CT molecular complexity index is 307. The molecule has 1 saturated heterocycles. The molecule has 1 unspecified atom stereocenters. The van der Waals surface area contributed by atoms with Gasteiger partial charge < -0.3 is 10.2 Å². The van der Waals surface area contributed by atoms with Crippen molar-refractivity contribution in [2.24, 2.45) is 0 Å². The smallest absolute Gasteiger partial charge is 0.0646 e. The number of nitrogens with zero attached hydrogens (tertiary/aromatic N) is 3. The first-order valence-corrected chi connectivity index (χ1v) is 5.66. The summed E-state index contributed by atoms with van der Waals surface area (Å²) in [5.74, 6) is 0. The monoisotopic (exact) mass is 208 g/mol. The van der Waals surface area contributed by atoms with Gasteiger partial charge in [-0.2, -0.15) is 5.10 Å². The van der Waals surface area contributed by atoms with Crippen LogP contribution < -0.4 is 5.32 Å². The highest BCUT2D eigenvalue weighted by molar-refractivity contribution is 5.04. The summed E-state index contributed by atoms with van der Waals surface area (Å²) in [4.78, 5) is 2.38. The SMILES string of the molecule is CNCc1cnn(C2CCCN(C)C2)c1. The van der Waals surface area contributed by atoms with Gasteiger partial charge in [0.1, 0.15) is 0 Å². The van der Waals surface area contributed by atoms with E-state index in [-0.39, 0.29) is 0 Å². The van der Waals surface area contributed by atoms with Crippen LogP contribution in [0, 0.1) is 0 Å². The third kappa shape index (κ3) is 2.58. The molecule has 0 radical (unpaired) electrons. The molecule has 2 heterocycles. The Kier molecular flexibility index (Phi) is 3.38. The van der Waals surface area contributed by atoms with Gasteiger partial charge in [-0.05, 0) is 33.5 Å². The van der Waals surface area contributed by atoms with Gasteiger partial charge in [0.05, 0.1) is 12.2 Å². The number of nitrogens with one attached hydrogen (secondary N) is 1. The van der Waals surface area contributed by atoms with Crippen LogP contribution in [0.25, 0.3) is 0 Å². The lowest BCUT2D eigenvalue weighted by molar-refractivity contribution is 0.202. The van der Waals surface area contributed by atoms with E-state index in [0.29, 0.717) is 6.04 Å². The normalized spacial score (nSPS) is 23.2. The van der Waals surface area contributed by atoms with Gasteiger partial charge in [-0.3, -0.25) is 4.68 Å². The summed E-state index contributed by atoms with van der Waals surface area (Å²) in [6, 6.07) is 0.564. The average molecular weight is 208 g/mol. The second-order valence-corrected chi connectivity index (χ2v) is 4.42. The molecule has 1 aliphatic heterocycles. The summed E-state index contributed by atoms with van der Waals surface area (Å²) >= 11 is 0. The van der Waals surface area contributed by atoms with Crippen LogP contribution in [0.5, 0.6) is 0 Å². The van der Waals surface area contributed by atoms with Crippen molar-refractivity contribution in [1.82, 2.24) is 20.0 Å². The first-order chi connectivity index (χ1) is 7.29. The molecule has 0 aliphatic carbocycles. The number of hydrogen-bond acceptors (Lipinski definition) is 3. The molecule has 1 aliphatic rings. The maximum Gasteiger partial charge on any atom is 0.0646 e. The van der Waals surface area contributed by atoms with Gasteiger partial charge in [0.2, 0.25) is 0 Å². The van der Waals surface area contributed by atoms with Gasteiger partial charge in [0, 0.05) is 24.8 Å². The lowest BCUT2D eigenvalue weighted by atomic mass is 10.1. The zero-order valence-electron chi connectivity index (χ0n) is 9.61. The molecular formula is C11H20N4. The van der Waals surface area contributed by atoms with Crippen molar-refractivity contribution < 1.29 is 0 Å². The maximum absolute atomic E-state index is 4.44. The zero-order valence-corrected chi connectivity index (χ0v) is 9.61. The summed E-state index contributed by atoms with van der Waals surface area (Å²) in [5, 5.41) is 7.59. The third-order valence-electron chi connectivity index (χ3n) is 3.01. The van der Waals surface area contributed by atoms with E-state index < -0.39 is 0 Å². The maximum atomic E-state index is 4.44. The van der Waals surface area contributed by atoms with E-state index in [4.69, 9.17) is 0 Å². The fourth-order valence-corrected chi connectivity index (χ4v) is 2.23. The minimum atomic E-state index is 0.564. The van der Waals surface area contributed by atoms with Crippen LogP contribution in [0.15, 0.2) is 12.4 Å². The van der Waals surface area contributed by atoms with Crippen molar-refractivity contribution in [2.45, 2.75) is 25.4 Å². The van der Waals surface area contributed by atoms with Gasteiger partial charge in [-0.15, -0.1) is 0 Å². The van der Waals surface area contributed by atoms with Crippen molar-refractivity contribution in [3.8, 4) is 0 Å². The number of piperidine rings is 1. The first-order valence-electron chi connectivity index (χ1n) is 5.66. The summed E-state index contributed by atoms with van der Waals surface area (Å²) in [7, 11) is 4.15. The summed E-state index contributed by atoms with van der Waals surface area (Å²) in [6.45, 7) is 3.25. The Hall–Kier alpha value is -0.870. The summed E-state index contributed by atoms with van der Waals surface area (Å²) in [5.41, 5.74) is 1.27. The van der Waals surface area contributed by atoms with E-state index >= 15 is 0 Å². The molecule has 15 heavy (non-hydrogen) atoms. The minimum Gasteiger partial charge on any atom is -0.316 e. The second kappa shape index (κ2) is 4.77. The van der Waals surface area contributed by atoms with Crippen molar-refractivity contribution in [3.05, 3.63) is 18.0 Å². The fraction of sp³-hybridized carbons (Fsp3) is 0.727. The Balaban J connectivity index is 2.01. The van der Waals surface area contributed by atoms with Crippen molar-refractivity contribution in [1.29, 1.82) is 0 Å². The molecule has 0 amide bonds. The molecule has 4 nitrogen and oxygen atoms in total. The molecule has 1 aromatic rings. The van der Waals surface area contributed by atoms with Crippen LogP contribution >= 0.6 is 0 Å². The van der Waals surface area contributed by atoms with Crippen molar-refractivity contribution in [3.63, 3.8) is 0 Å². The van der Waals surface area contributed by atoms with E-state index in [1.807, 2.05) is 13.2 Å². The molecule has 1 atom stereocenters. The summed E-state index contributed by atoms with van der Waals surface area (Å²) < 4.78 is 2.13. The molecule has 0 aromatic carbocycles. The molecule has 1 fully saturated rings. The quantitative estimate of drug-likeness (QED) is 0.800. The standard InChI is InChI=1S/C11H20N4/c1-12-6-10-7-13-15(8-10)11-4-3-5-14(2)9-11/h7-8,11-12H,3-6,9H2,1-2H3. The number of rotatable bonds is 3. The Labute approximate surface area is 91.3 Å². The van der Waals surface area contributed by atoms with Crippen LogP contribution in [-0.2, 0) is 6.54 Å². The molecular weight excluding hydrogens is 188 g/mol. The van der Waals surface area contributed by atoms with E-state index in [2.05, 4.69) is 33.2 Å². The second-order valence-electron chi connectivity index (χ2n) is 4.42. The molecule has 84 valence electrons. The van der Waals surface area contributed by atoms with E-state index in [1.165, 1.54) is 24.9 Å². The predicted octanol–water partition coefficient (Wildman–Crippen LogP) is 0.869. The molecule has 2 rings (SSSR count). The van der Waals surface area contributed by atoms with E-state index in [0.717, 1.165) is 13.1 Å². The molecule has 1 N–H and O–H groups in total. The highest BCUT2D eigenvalue weighted by Crippen LogP contribution is 2.19. The highest BCUT2D eigenvalue weighted by atomic mass is 15.3. The lowest BCUT2D eigenvalue weighted by Gasteiger charge is -2.29. The molecule has 4 heteroatoms. The molecule has 0 saturated carbocycles. The largest absolute Gasteiger partial charge is 0.316 e. The first kappa shape index (κ1) is 10.6. The fourth-order valence-electron chi connectivity index (χ4n) is 2.23. The van der Waals surface area contributed by atoms with Gasteiger partial charge in [-0.25, -0.2) is 0 Å². The lowest BCUT2D eigenvalue weighted by Crippen LogP contribution is -2.33. The number of likely N-dealkylation sites (tertiary alicyclic amines) is 1. The molecule has 0 bridgehead atoms. The van der Waals surface area contributed by atoms with Crippen LogP contribution in [0.3, 0.4) is 0 Å². The van der Waals surface area contributed by atoms with Crippen LogP contribution in [0.4, 0.5) is 0 Å². The van der Waals surface area contributed by atoms with Gasteiger partial charge in [0.15, 0.2) is 0 Å². The predicted molar refractivity (Wildman–Crippen MR) is 60.8 cm³/mol. The Morgan fingerprint density at radius 3 is 3.20 bits per heavy atom. The van der Waals surface area contributed by atoms with Gasteiger partial charge >= 0.3 is 0 Å². The van der Waals surface area contributed by atoms with Crippen LogP contribution in [0.2, 0.25) is 0 Å². The number of likely N-dealkylation sites (N-methyl/N-ethyl adjacent to an activating group) is 1. The van der Waals surface area contributed by atoms with Crippen molar-refractivity contribution >= 4 is 0 Å². The minimum absolute atomic E-state index is 0.564. The van der Waals surface area contributed by atoms with Crippen molar-refractivity contribution in [2.75, 3.05) is 27.2 Å². The summed E-state index contributed by atoms with van der Waals surface area (Å²) in [6.07, 6.45) is 6.67. The van der Waals surface area contributed by atoms with Gasteiger partial charge in [-0.1, -0.05) is 0 Å². The Morgan fingerprint density at radius 1 is 1.60 bits per heavy atom. The number of aromatic nitrogens is 2. The highest BCUT2D eigenvalue weighted by Gasteiger charge is 2.19. The number of hydrogen-bond donors (Lipinski definition) is 1. The molecule has 0 spiro atoms. The van der Waals surface area contributed by atoms with Crippen LogP contribution in [0.1, 0.15) is 24.4 Å². The van der Waals surface area contributed by atoms with E-state index in [9.17, 15) is 0 Å².